The molecule has 0 saturated heterocycles. The van der Waals surface area contributed by atoms with E-state index >= 15 is 4.39 Å². The van der Waals surface area contributed by atoms with Crippen LogP contribution in [0.2, 0.25) is 0 Å². The number of aromatic nitrogens is 1. The van der Waals surface area contributed by atoms with Gasteiger partial charge < -0.3 is 36.0 Å². The van der Waals surface area contributed by atoms with Crippen molar-refractivity contribution < 1.29 is 47.8 Å². The van der Waals surface area contributed by atoms with Crippen LogP contribution in [-0.4, -0.2) is 86.7 Å². The summed E-state index contributed by atoms with van der Waals surface area (Å²) in [6, 6.07) is 11.4. The van der Waals surface area contributed by atoms with Gasteiger partial charge in [0.2, 0.25) is 17.7 Å². The Morgan fingerprint density at radius 3 is 2.13 bits per heavy atom. The second kappa shape index (κ2) is 23.1. The van der Waals surface area contributed by atoms with Gasteiger partial charge >= 0.3 is 5.97 Å². The predicted octanol–water partition coefficient (Wildman–Crippen LogP) is 5.81. The summed E-state index contributed by atoms with van der Waals surface area (Å²) in [5.41, 5.74) is 6.58. The van der Waals surface area contributed by atoms with Gasteiger partial charge in [-0.15, -0.1) is 0 Å². The first kappa shape index (κ1) is 50.1. The molecular formula is C46H63F2N5O8. The molecule has 0 saturated carbocycles. The zero-order chi connectivity index (χ0) is 45.6. The Hall–Kier alpha value is -5.28. The van der Waals surface area contributed by atoms with E-state index in [0.717, 1.165) is 23.8 Å². The molecule has 0 bridgehead atoms. The van der Waals surface area contributed by atoms with Gasteiger partial charge in [-0.05, 0) is 80.3 Å². The number of nitrogens with one attached hydrogen (secondary N) is 2. The van der Waals surface area contributed by atoms with Crippen LogP contribution in [0.5, 0.6) is 0 Å². The molecule has 0 aliphatic rings. The van der Waals surface area contributed by atoms with Crippen molar-refractivity contribution in [3.8, 4) is 11.1 Å². The number of rotatable bonds is 24. The summed E-state index contributed by atoms with van der Waals surface area (Å²) in [7, 11) is 0. The Morgan fingerprint density at radius 2 is 1.56 bits per heavy atom. The summed E-state index contributed by atoms with van der Waals surface area (Å²) in [5, 5.41) is 25.8. The minimum atomic E-state index is -1.31. The highest BCUT2D eigenvalue weighted by atomic mass is 19.1. The molecule has 3 amide bonds. The van der Waals surface area contributed by atoms with Crippen LogP contribution >= 0.6 is 0 Å². The molecule has 0 unspecified atom stereocenters. The fourth-order valence-corrected chi connectivity index (χ4v) is 7.57. The zero-order valence-electron chi connectivity index (χ0n) is 36.4. The molecule has 1 heterocycles. The Bertz CT molecular complexity index is 1980. The highest BCUT2D eigenvalue weighted by Gasteiger charge is 2.38. The van der Waals surface area contributed by atoms with Gasteiger partial charge in [-0.1, -0.05) is 65.0 Å². The van der Waals surface area contributed by atoms with E-state index in [1.54, 1.807) is 26.1 Å². The van der Waals surface area contributed by atoms with Crippen molar-refractivity contribution in [1.29, 1.82) is 0 Å². The lowest BCUT2D eigenvalue weighted by molar-refractivity contribution is -0.146. The molecular weight excluding hydrogens is 789 g/mol. The first-order valence-corrected chi connectivity index (χ1v) is 20.8. The van der Waals surface area contributed by atoms with Crippen molar-refractivity contribution in [3.63, 3.8) is 0 Å². The van der Waals surface area contributed by atoms with Crippen molar-refractivity contribution >= 4 is 35.3 Å². The standard InChI is InChI=1S/C46H63F2N5O8/c1-28(2)35(24-41(57)38(51-30(4)55)15-11-12-19-49)44(59)50-29(3)40(56)22-32(45(60)61)18-20-53(42(58)27-54)43(46(5,6)7)39-21-33(36-23-34(47)16-17-37(36)48)26-52(39)25-31-13-9-8-10-14-31/h8-10,13-14,16-17,21,23,26,28-29,32,35,38,43,54H,11-12,15,18-20,22,24-25,27,49H2,1-7H3,(H,50,59)(H,51,55)(H,60,61)/t29-,32+,35-,38-,43-/m0/s1. The number of hydrogen-bond acceptors (Lipinski definition) is 8. The van der Waals surface area contributed by atoms with Gasteiger partial charge in [0.05, 0.1) is 24.0 Å². The average Bonchev–Trinajstić information content (AvgIpc) is 3.59. The molecule has 13 nitrogen and oxygen atoms in total. The molecule has 3 rings (SSSR count). The van der Waals surface area contributed by atoms with E-state index in [4.69, 9.17) is 5.73 Å². The number of carbonyl (C=O) groups excluding carboxylic acids is 5. The van der Waals surface area contributed by atoms with Crippen LogP contribution in [0.1, 0.15) is 104 Å². The molecule has 2 aromatic carbocycles. The number of ketones is 2. The maximum absolute atomic E-state index is 15.1. The third kappa shape index (κ3) is 14.7. The lowest BCUT2D eigenvalue weighted by Crippen LogP contribution is -2.46. The highest BCUT2D eigenvalue weighted by Crippen LogP contribution is 2.41. The Morgan fingerprint density at radius 1 is 0.885 bits per heavy atom. The number of carboxylic acid groups (broad SMARTS) is 1. The third-order valence-corrected chi connectivity index (χ3v) is 10.9. The van der Waals surface area contributed by atoms with Crippen LogP contribution < -0.4 is 16.4 Å². The topological polar surface area (TPSA) is 201 Å². The monoisotopic (exact) mass is 851 g/mol. The number of aliphatic hydroxyl groups excluding tert-OH is 1. The zero-order valence-corrected chi connectivity index (χ0v) is 36.4. The first-order chi connectivity index (χ1) is 28.7. The molecule has 334 valence electrons. The maximum atomic E-state index is 15.1. The summed E-state index contributed by atoms with van der Waals surface area (Å²) in [4.78, 5) is 79.9. The van der Waals surface area contributed by atoms with Crippen molar-refractivity contribution in [2.75, 3.05) is 19.7 Å². The fraction of sp³-hybridized carbons (Fsp3) is 0.522. The molecule has 1 aromatic heterocycles. The number of carboxylic acids is 1. The lowest BCUT2D eigenvalue weighted by atomic mass is 9.82. The van der Waals surface area contributed by atoms with Gasteiger partial charge in [0.1, 0.15) is 18.2 Å². The van der Waals surface area contributed by atoms with E-state index in [1.807, 2.05) is 55.7 Å². The number of Topliss-reactive ketones (excluding diaryl/α,β-unsaturated/α-hetero) is 2. The van der Waals surface area contributed by atoms with Crippen molar-refractivity contribution in [2.45, 2.75) is 112 Å². The number of aliphatic carboxylic acids is 1. The number of halogens is 2. The highest BCUT2D eigenvalue weighted by molar-refractivity contribution is 5.95. The van der Waals surface area contributed by atoms with E-state index in [0.29, 0.717) is 37.1 Å². The largest absolute Gasteiger partial charge is 0.481 e. The second-order valence-electron chi connectivity index (χ2n) is 17.2. The summed E-state index contributed by atoms with van der Waals surface area (Å²) in [5.74, 6) is -7.63. The van der Waals surface area contributed by atoms with E-state index < -0.39 is 83.6 Å². The number of carbonyl (C=O) groups is 6. The predicted molar refractivity (Wildman–Crippen MR) is 228 cm³/mol. The first-order valence-electron chi connectivity index (χ1n) is 20.8. The van der Waals surface area contributed by atoms with Crippen LogP contribution in [0.15, 0.2) is 60.8 Å². The summed E-state index contributed by atoms with van der Waals surface area (Å²) < 4.78 is 31.4. The Kier molecular flexibility index (Phi) is 18.9. The summed E-state index contributed by atoms with van der Waals surface area (Å²) >= 11 is 0. The van der Waals surface area contributed by atoms with Gasteiger partial charge in [-0.2, -0.15) is 0 Å². The normalized spacial score (nSPS) is 14.1. The van der Waals surface area contributed by atoms with Crippen LogP contribution in [0.4, 0.5) is 8.78 Å². The van der Waals surface area contributed by atoms with Crippen LogP contribution in [0, 0.1) is 34.8 Å². The Labute approximate surface area is 357 Å². The molecule has 0 fully saturated rings. The van der Waals surface area contributed by atoms with Crippen molar-refractivity contribution in [1.82, 2.24) is 20.1 Å². The molecule has 15 heteroatoms. The molecule has 0 radical (unpaired) electrons. The molecule has 0 spiro atoms. The number of unbranched alkanes of at least 4 members (excludes halogenated alkanes) is 1. The Balaban J connectivity index is 1.88. The van der Waals surface area contributed by atoms with Crippen molar-refractivity contribution in [3.05, 3.63) is 83.7 Å². The number of nitrogens with zero attached hydrogens (tertiary/aromatic N) is 2. The molecule has 6 N–H and O–H groups in total. The smallest absolute Gasteiger partial charge is 0.307 e. The second-order valence-corrected chi connectivity index (χ2v) is 17.2. The number of hydrogen-bond donors (Lipinski definition) is 5. The van der Waals surface area contributed by atoms with E-state index in [2.05, 4.69) is 10.6 Å². The number of amides is 3. The molecule has 5 atom stereocenters. The molecule has 0 aliphatic carbocycles. The number of benzene rings is 2. The van der Waals surface area contributed by atoms with E-state index in [1.165, 1.54) is 18.7 Å². The van der Waals surface area contributed by atoms with Crippen molar-refractivity contribution in [2.24, 2.45) is 28.9 Å². The minimum absolute atomic E-state index is 0.00486. The fourth-order valence-electron chi connectivity index (χ4n) is 7.57. The molecule has 3 aromatic rings. The van der Waals surface area contributed by atoms with Gasteiger partial charge in [-0.3, -0.25) is 28.8 Å². The van der Waals surface area contributed by atoms with Crippen LogP contribution in [0.3, 0.4) is 0 Å². The maximum Gasteiger partial charge on any atom is 0.307 e. The number of aliphatic hydroxyl groups is 1. The van der Waals surface area contributed by atoms with Gasteiger partial charge in [0.25, 0.3) is 0 Å². The minimum Gasteiger partial charge on any atom is -0.481 e. The van der Waals surface area contributed by atoms with Gasteiger partial charge in [-0.25, -0.2) is 8.78 Å². The summed E-state index contributed by atoms with van der Waals surface area (Å²) in [6.45, 7) is 11.4. The molecule has 0 aliphatic heterocycles. The average molecular weight is 852 g/mol. The quantitative estimate of drug-likeness (QED) is 0.0690. The van der Waals surface area contributed by atoms with Gasteiger partial charge in [0.15, 0.2) is 11.6 Å². The lowest BCUT2D eigenvalue weighted by Gasteiger charge is -2.41. The molecule has 61 heavy (non-hydrogen) atoms. The van der Waals surface area contributed by atoms with Crippen LogP contribution in [0.25, 0.3) is 11.1 Å². The SMILES string of the molecule is CC(=O)N[C@@H](CCCCN)C(=O)C[C@H](C(=O)N[C@@H](C)C(=O)C[C@@H](CCN(C(=O)CO)[C@@H](c1cc(-c2cc(F)ccc2F)cn1Cc1ccccc1)C(C)(C)C)C(=O)O)C(C)C. The van der Waals surface area contributed by atoms with Crippen LogP contribution in [-0.2, 0) is 35.3 Å². The van der Waals surface area contributed by atoms with Gasteiger partial charge in [0, 0.05) is 61.8 Å². The van der Waals surface area contributed by atoms with E-state index in [-0.39, 0.29) is 49.1 Å². The summed E-state index contributed by atoms with van der Waals surface area (Å²) in [6.07, 6.45) is 2.40. The third-order valence-electron chi connectivity index (χ3n) is 10.9. The number of nitrogens with two attached hydrogens (primary N) is 1. The van der Waals surface area contributed by atoms with E-state index in [9.17, 15) is 43.4 Å².